The van der Waals surface area contributed by atoms with Crippen molar-refractivity contribution >= 4 is 18.5 Å². The Kier molecular flexibility index (Phi) is 4.68. The number of carboxylic acid groups (broad SMARTS) is 1. The van der Waals surface area contributed by atoms with Crippen molar-refractivity contribution in [2.75, 3.05) is 6.61 Å². The second-order valence-corrected chi connectivity index (χ2v) is 9.80. The van der Waals surface area contributed by atoms with Gasteiger partial charge in [-0.05, 0) is 55.8 Å². The summed E-state index contributed by atoms with van der Waals surface area (Å²) in [4.78, 5) is 31.4. The van der Waals surface area contributed by atoms with Gasteiger partial charge in [-0.3, -0.25) is 4.79 Å². The van der Waals surface area contributed by atoms with Gasteiger partial charge in [0.05, 0.1) is 11.6 Å². The van der Waals surface area contributed by atoms with Crippen molar-refractivity contribution in [2.24, 2.45) is 51.0 Å². The van der Waals surface area contributed by atoms with E-state index in [0.29, 0.717) is 18.3 Å². The van der Waals surface area contributed by atoms with Crippen LogP contribution in [0.15, 0.2) is 16.8 Å². The first-order chi connectivity index (χ1) is 13.8. The minimum Gasteiger partial charge on any atom is -0.481 e. The van der Waals surface area contributed by atoms with Crippen molar-refractivity contribution in [2.45, 2.75) is 53.4 Å². The Morgan fingerprint density at radius 2 is 2.14 bits per heavy atom. The van der Waals surface area contributed by atoms with E-state index in [0.717, 1.165) is 31.1 Å². The number of hydrogen-bond donors (Lipinski definition) is 1. The Bertz CT molecular complexity index is 849. The Labute approximate surface area is 172 Å². The van der Waals surface area contributed by atoms with Crippen LogP contribution in [-0.4, -0.2) is 30.2 Å². The molecule has 3 fully saturated rings. The molecule has 0 spiro atoms. The molecule has 5 nitrogen and oxygen atoms in total. The number of nitrogens with zero attached hydrogens (tertiary/aromatic N) is 1. The maximum Gasteiger partial charge on any atom is 0.315 e. The Balaban J connectivity index is 1.91. The number of carbonyl (C=O) groups excluding carboxylic acids is 1. The highest BCUT2D eigenvalue weighted by Crippen LogP contribution is 2.82. The fourth-order valence-electron chi connectivity index (χ4n) is 7.76. The highest BCUT2D eigenvalue weighted by molar-refractivity contribution is 5.96. The lowest BCUT2D eigenvalue weighted by molar-refractivity contribution is -0.173. The molecule has 3 unspecified atom stereocenters. The van der Waals surface area contributed by atoms with Crippen LogP contribution in [0.25, 0.3) is 0 Å². The Hall–Kier alpha value is -2.09. The van der Waals surface area contributed by atoms with Crippen molar-refractivity contribution in [3.8, 4) is 11.8 Å². The average molecular weight is 398 g/mol. The lowest BCUT2D eigenvalue weighted by Gasteiger charge is -2.57. The molecule has 4 bridgehead atoms. The second-order valence-electron chi connectivity index (χ2n) is 9.80. The summed E-state index contributed by atoms with van der Waals surface area (Å²) in [5.41, 5.74) is -1.89. The zero-order chi connectivity index (χ0) is 21.0. The van der Waals surface area contributed by atoms with Crippen LogP contribution in [0, 0.1) is 57.7 Å². The number of aldehydes is 1. The molecular formula is C24H31NO4. The van der Waals surface area contributed by atoms with Crippen LogP contribution in [0.5, 0.6) is 0 Å². The molecule has 1 N–H and O–H groups in total. The zero-order valence-corrected chi connectivity index (χ0v) is 17.8. The van der Waals surface area contributed by atoms with Crippen molar-refractivity contribution < 1.29 is 19.5 Å². The van der Waals surface area contributed by atoms with Crippen molar-refractivity contribution in [3.63, 3.8) is 0 Å². The topological polar surface area (TPSA) is 76.0 Å². The van der Waals surface area contributed by atoms with Gasteiger partial charge < -0.3 is 14.7 Å². The van der Waals surface area contributed by atoms with E-state index in [1.54, 1.807) is 13.1 Å². The van der Waals surface area contributed by atoms with Gasteiger partial charge in [0.15, 0.2) is 6.61 Å². The highest BCUT2D eigenvalue weighted by Gasteiger charge is 2.84. The third-order valence-corrected chi connectivity index (χ3v) is 8.67. The molecule has 0 heterocycles. The third kappa shape index (κ3) is 2.21. The fourth-order valence-corrected chi connectivity index (χ4v) is 7.76. The number of aliphatic carboxylic acids is 1. The van der Waals surface area contributed by atoms with Gasteiger partial charge in [0.25, 0.3) is 0 Å². The average Bonchev–Trinajstić information content (AvgIpc) is 3.25. The maximum atomic E-state index is 13.2. The van der Waals surface area contributed by atoms with E-state index >= 15 is 0 Å². The zero-order valence-electron chi connectivity index (χ0n) is 17.8. The molecule has 0 saturated heterocycles. The molecule has 4 aliphatic rings. The highest BCUT2D eigenvalue weighted by atomic mass is 16.6. The number of hydrogen-bond acceptors (Lipinski definition) is 4. The van der Waals surface area contributed by atoms with E-state index in [1.165, 1.54) is 0 Å². The van der Waals surface area contributed by atoms with E-state index in [1.807, 2.05) is 13.8 Å². The normalized spacial score (nSPS) is 44.4. The second kappa shape index (κ2) is 6.72. The lowest BCUT2D eigenvalue weighted by atomic mass is 9.43. The molecule has 0 aliphatic heterocycles. The molecule has 0 aromatic rings. The summed E-state index contributed by atoms with van der Waals surface area (Å²) in [6.07, 6.45) is 8.29. The number of carbonyl (C=O) groups is 2. The fraction of sp³-hybridized carbons (Fsp3) is 0.708. The van der Waals surface area contributed by atoms with E-state index in [2.05, 4.69) is 30.0 Å². The molecule has 7 atom stereocenters. The molecule has 29 heavy (non-hydrogen) atoms. The minimum atomic E-state index is -1.23. The molecule has 0 aromatic carbocycles. The van der Waals surface area contributed by atoms with Crippen LogP contribution < -0.4 is 0 Å². The van der Waals surface area contributed by atoms with Crippen LogP contribution in [-0.2, 0) is 14.4 Å². The summed E-state index contributed by atoms with van der Waals surface area (Å²) in [7, 11) is 0. The van der Waals surface area contributed by atoms with Gasteiger partial charge in [0.1, 0.15) is 11.7 Å². The molecule has 3 saturated carbocycles. The van der Waals surface area contributed by atoms with Crippen molar-refractivity contribution in [1.82, 2.24) is 0 Å². The van der Waals surface area contributed by atoms with Gasteiger partial charge in [-0.15, -0.1) is 5.92 Å². The predicted octanol–water partition coefficient (Wildman–Crippen LogP) is 3.94. The summed E-state index contributed by atoms with van der Waals surface area (Å²) < 4.78 is 0. The first-order valence-electron chi connectivity index (χ1n) is 10.8. The molecule has 4 rings (SSSR count). The SMILES string of the molecule is CC#CCO/N=C/C12C[C@@H]3[C@H](C)CC[C@H]3C3(C=O)CC1C=C(C(C)C)[C@@]23C(=O)O. The molecule has 0 aromatic heterocycles. The van der Waals surface area contributed by atoms with Crippen LogP contribution in [0.3, 0.4) is 0 Å². The summed E-state index contributed by atoms with van der Waals surface area (Å²) in [6.45, 7) is 8.25. The summed E-state index contributed by atoms with van der Waals surface area (Å²) in [5, 5.41) is 15.0. The van der Waals surface area contributed by atoms with Gasteiger partial charge in [0, 0.05) is 5.41 Å². The molecule has 0 amide bonds. The van der Waals surface area contributed by atoms with Gasteiger partial charge in [-0.2, -0.15) is 0 Å². The summed E-state index contributed by atoms with van der Waals surface area (Å²) in [5.74, 6) is 5.74. The molecule has 5 heteroatoms. The first kappa shape index (κ1) is 20.2. The monoisotopic (exact) mass is 397 g/mol. The van der Waals surface area contributed by atoms with Crippen LogP contribution in [0.1, 0.15) is 53.4 Å². The molecule has 156 valence electrons. The molecule has 0 radical (unpaired) electrons. The van der Waals surface area contributed by atoms with Crippen LogP contribution in [0.4, 0.5) is 0 Å². The maximum absolute atomic E-state index is 13.2. The van der Waals surface area contributed by atoms with Gasteiger partial charge in [-0.25, -0.2) is 0 Å². The number of oxime groups is 1. The van der Waals surface area contributed by atoms with Gasteiger partial charge in [0.2, 0.25) is 0 Å². The van der Waals surface area contributed by atoms with Gasteiger partial charge in [-0.1, -0.05) is 49.9 Å². The van der Waals surface area contributed by atoms with Crippen LogP contribution >= 0.6 is 0 Å². The quantitative estimate of drug-likeness (QED) is 0.184. The van der Waals surface area contributed by atoms with Crippen molar-refractivity contribution in [1.29, 1.82) is 0 Å². The number of carboxylic acids is 1. The number of fused-ring (bicyclic) bond motifs is 2. The first-order valence-corrected chi connectivity index (χ1v) is 10.8. The standard InChI is InChI=1S/C24H31NO4/c1-5-6-9-29-25-13-22-12-18-16(4)7-8-19(18)23(14-26)11-17(22)10-20(15(2)3)24(22,23)21(27)28/h10,13-19H,7-9,11-12H2,1-4H3,(H,27,28)/b25-13+/t16-,17?,18-,19-,22?,23?,24-/m1/s1. The minimum absolute atomic E-state index is 0.00334. The molecular weight excluding hydrogens is 366 g/mol. The van der Waals surface area contributed by atoms with Crippen molar-refractivity contribution in [3.05, 3.63) is 11.6 Å². The molecule has 4 aliphatic carbocycles. The Morgan fingerprint density at radius 3 is 2.76 bits per heavy atom. The smallest absolute Gasteiger partial charge is 0.315 e. The van der Waals surface area contributed by atoms with E-state index < -0.39 is 22.2 Å². The third-order valence-electron chi connectivity index (χ3n) is 8.67. The number of rotatable bonds is 6. The van der Waals surface area contributed by atoms with E-state index in [9.17, 15) is 14.7 Å². The van der Waals surface area contributed by atoms with Crippen LogP contribution in [0.2, 0.25) is 0 Å². The lowest BCUT2D eigenvalue weighted by Crippen LogP contribution is -2.63. The Morgan fingerprint density at radius 1 is 1.38 bits per heavy atom. The number of allylic oxidation sites excluding steroid dienone is 1. The van der Waals surface area contributed by atoms with E-state index in [4.69, 9.17) is 4.84 Å². The van der Waals surface area contributed by atoms with Gasteiger partial charge >= 0.3 is 5.97 Å². The predicted molar refractivity (Wildman–Crippen MR) is 110 cm³/mol. The summed E-state index contributed by atoms with van der Waals surface area (Å²) >= 11 is 0. The largest absolute Gasteiger partial charge is 0.481 e. The van der Waals surface area contributed by atoms with E-state index in [-0.39, 0.29) is 24.4 Å². The summed E-state index contributed by atoms with van der Waals surface area (Å²) in [6, 6.07) is 0.